The third kappa shape index (κ3) is 5.71. The highest BCUT2D eigenvalue weighted by atomic mass is 79.9. The van der Waals surface area contributed by atoms with Crippen LogP contribution in [0.1, 0.15) is 58.3 Å². The van der Waals surface area contributed by atoms with Crippen molar-refractivity contribution in [2.45, 2.75) is 40.5 Å². The largest absolute Gasteiger partial charge is 1.00 e. The SMILES string of the molecule is CC(C)(C)C(=O)OC[n+]1cc(CCN2C(=O)c3ccccc3C2=O)n(Cc2ccc(C#N)cc2)c1.[Br-]. The molecule has 0 bridgehead atoms. The average molecular weight is 551 g/mol. The number of esters is 1. The van der Waals surface area contributed by atoms with E-state index in [1.807, 2.05) is 29.2 Å². The summed E-state index contributed by atoms with van der Waals surface area (Å²) in [6.45, 7) is 6.18. The fourth-order valence-electron chi connectivity index (χ4n) is 3.87. The lowest BCUT2D eigenvalue weighted by molar-refractivity contribution is -0.727. The maximum absolute atomic E-state index is 12.8. The molecule has 1 aliphatic heterocycles. The second-order valence-electron chi connectivity index (χ2n) is 9.56. The van der Waals surface area contributed by atoms with Gasteiger partial charge in [0.25, 0.3) is 11.8 Å². The van der Waals surface area contributed by atoms with Crippen molar-refractivity contribution >= 4 is 17.8 Å². The van der Waals surface area contributed by atoms with Crippen LogP contribution in [0, 0.1) is 16.7 Å². The highest BCUT2D eigenvalue weighted by molar-refractivity contribution is 6.21. The Bertz CT molecular complexity index is 1300. The summed E-state index contributed by atoms with van der Waals surface area (Å²) in [6.07, 6.45) is 4.13. The van der Waals surface area contributed by atoms with Gasteiger partial charge in [0.1, 0.15) is 18.4 Å². The van der Waals surface area contributed by atoms with E-state index in [2.05, 4.69) is 6.07 Å². The fourth-order valence-corrected chi connectivity index (χ4v) is 3.87. The minimum absolute atomic E-state index is 0. The number of aromatic nitrogens is 2. The van der Waals surface area contributed by atoms with Crippen molar-refractivity contribution in [3.05, 3.63) is 89.0 Å². The van der Waals surface area contributed by atoms with Crippen molar-refractivity contribution in [1.29, 1.82) is 5.26 Å². The molecule has 1 aromatic heterocycles. The summed E-state index contributed by atoms with van der Waals surface area (Å²) in [5.41, 5.74) is 2.68. The molecule has 0 atom stereocenters. The Labute approximate surface area is 220 Å². The van der Waals surface area contributed by atoms with Crippen molar-refractivity contribution in [2.24, 2.45) is 5.41 Å². The lowest BCUT2D eigenvalue weighted by Gasteiger charge is -2.15. The Kier molecular flexibility index (Phi) is 8.10. The van der Waals surface area contributed by atoms with Crippen LogP contribution in [-0.2, 0) is 29.2 Å². The van der Waals surface area contributed by atoms with Gasteiger partial charge in [-0.15, -0.1) is 0 Å². The fraction of sp³-hybridized carbons (Fsp3) is 0.296. The Morgan fingerprint density at radius 3 is 2.19 bits per heavy atom. The van der Waals surface area contributed by atoms with Gasteiger partial charge in [0.15, 0.2) is 0 Å². The average Bonchev–Trinajstić information content (AvgIpc) is 3.33. The molecular weight excluding hydrogens is 524 g/mol. The van der Waals surface area contributed by atoms with Gasteiger partial charge in [-0.05, 0) is 50.6 Å². The van der Waals surface area contributed by atoms with E-state index in [0.717, 1.165) is 11.3 Å². The monoisotopic (exact) mass is 550 g/mol. The normalized spacial score (nSPS) is 12.7. The van der Waals surface area contributed by atoms with E-state index in [0.29, 0.717) is 29.7 Å². The van der Waals surface area contributed by atoms with E-state index in [4.69, 9.17) is 10.00 Å². The molecule has 4 rings (SSSR count). The van der Waals surface area contributed by atoms with E-state index >= 15 is 0 Å². The van der Waals surface area contributed by atoms with Crippen LogP contribution >= 0.6 is 0 Å². The van der Waals surface area contributed by atoms with Gasteiger partial charge in [-0.3, -0.25) is 19.3 Å². The van der Waals surface area contributed by atoms with E-state index in [-0.39, 0.29) is 48.0 Å². The van der Waals surface area contributed by atoms with Crippen molar-refractivity contribution in [3.63, 3.8) is 0 Å². The summed E-state index contributed by atoms with van der Waals surface area (Å²) < 4.78 is 9.21. The molecule has 0 spiro atoms. The van der Waals surface area contributed by atoms with Crippen LogP contribution in [0.4, 0.5) is 0 Å². The lowest BCUT2D eigenvalue weighted by atomic mass is 9.98. The Morgan fingerprint density at radius 2 is 1.64 bits per heavy atom. The first kappa shape index (κ1) is 26.8. The Hall–Kier alpha value is -3.77. The zero-order chi connectivity index (χ0) is 25.2. The van der Waals surface area contributed by atoms with Crippen LogP contribution < -0.4 is 21.5 Å². The molecule has 0 radical (unpaired) electrons. The van der Waals surface area contributed by atoms with Crippen LogP contribution in [0.25, 0.3) is 0 Å². The smallest absolute Gasteiger partial charge is 0.314 e. The summed E-state index contributed by atoms with van der Waals surface area (Å²) in [6, 6.07) is 16.2. The number of fused-ring (bicyclic) bond motifs is 1. The second-order valence-corrected chi connectivity index (χ2v) is 9.56. The molecule has 3 aromatic rings. The number of hydrogen-bond acceptors (Lipinski definition) is 5. The first-order valence-electron chi connectivity index (χ1n) is 11.4. The van der Waals surface area contributed by atoms with E-state index in [1.165, 1.54) is 4.90 Å². The zero-order valence-corrected chi connectivity index (χ0v) is 22.0. The third-order valence-corrected chi connectivity index (χ3v) is 5.83. The van der Waals surface area contributed by atoms with E-state index in [9.17, 15) is 14.4 Å². The molecule has 2 aromatic carbocycles. The molecule has 186 valence electrons. The molecule has 0 saturated carbocycles. The van der Waals surface area contributed by atoms with Gasteiger partial charge in [0.2, 0.25) is 13.1 Å². The summed E-state index contributed by atoms with van der Waals surface area (Å²) in [5.74, 6) is -0.886. The maximum Gasteiger partial charge on any atom is 0.314 e. The van der Waals surface area contributed by atoms with Gasteiger partial charge in [0, 0.05) is 13.0 Å². The molecule has 36 heavy (non-hydrogen) atoms. The lowest BCUT2D eigenvalue weighted by Crippen LogP contribution is -3.00. The van der Waals surface area contributed by atoms with Crippen molar-refractivity contribution in [1.82, 2.24) is 9.47 Å². The van der Waals surface area contributed by atoms with Gasteiger partial charge in [-0.2, -0.15) is 5.26 Å². The van der Waals surface area contributed by atoms with Crippen molar-refractivity contribution in [2.75, 3.05) is 6.54 Å². The first-order valence-corrected chi connectivity index (χ1v) is 11.4. The molecule has 1 aliphatic rings. The number of ether oxygens (including phenoxy) is 1. The van der Waals surface area contributed by atoms with Gasteiger partial charge in [0.05, 0.1) is 28.2 Å². The first-order chi connectivity index (χ1) is 16.7. The number of benzene rings is 2. The van der Waals surface area contributed by atoms with Gasteiger partial charge in [-0.1, -0.05) is 24.3 Å². The van der Waals surface area contributed by atoms with Gasteiger partial charge in [-0.25, -0.2) is 9.13 Å². The summed E-state index contributed by atoms with van der Waals surface area (Å²) in [5, 5.41) is 9.05. The highest BCUT2D eigenvalue weighted by Crippen LogP contribution is 2.23. The minimum atomic E-state index is -0.611. The molecule has 0 fully saturated rings. The standard InChI is InChI=1S/C27H27N4O4.BrH/c1-27(2,3)26(34)35-18-29-16-21(30(17-29)15-20-10-8-19(14-28)9-11-20)12-13-31-24(32)22-6-4-5-7-23(22)25(31)33;/h4-11,16-17H,12-13,15,18H2,1-3H3;1H/q+1;/p-1. The van der Waals surface area contributed by atoms with E-state index < -0.39 is 5.41 Å². The predicted molar refractivity (Wildman–Crippen MR) is 126 cm³/mol. The van der Waals surface area contributed by atoms with Crippen molar-refractivity contribution in [3.8, 4) is 6.07 Å². The number of imidazole rings is 1. The van der Waals surface area contributed by atoms with Crippen LogP contribution in [0.5, 0.6) is 0 Å². The summed E-state index contributed by atoms with van der Waals surface area (Å²) >= 11 is 0. The molecule has 2 heterocycles. The number of nitriles is 1. The number of halogens is 1. The molecule has 0 aliphatic carbocycles. The van der Waals surface area contributed by atoms with Gasteiger partial charge >= 0.3 is 5.97 Å². The van der Waals surface area contributed by atoms with Crippen LogP contribution in [-0.4, -0.2) is 33.8 Å². The number of imide groups is 1. The summed E-state index contributed by atoms with van der Waals surface area (Å²) in [7, 11) is 0. The molecular formula is C27H27BrN4O4. The quantitative estimate of drug-likeness (QED) is 0.236. The minimum Gasteiger partial charge on any atom is -1.00 e. The molecule has 0 N–H and O–H groups in total. The maximum atomic E-state index is 12.8. The zero-order valence-electron chi connectivity index (χ0n) is 20.4. The van der Waals surface area contributed by atoms with Crippen LogP contribution in [0.2, 0.25) is 0 Å². The number of carbonyl (C=O) groups is 3. The topological polar surface area (TPSA) is 96.3 Å². The molecule has 0 unspecified atom stereocenters. The van der Waals surface area contributed by atoms with Crippen molar-refractivity contribution < 1.29 is 40.7 Å². The van der Waals surface area contributed by atoms with Crippen LogP contribution in [0.3, 0.4) is 0 Å². The molecule has 8 nitrogen and oxygen atoms in total. The van der Waals surface area contributed by atoms with E-state index in [1.54, 1.807) is 61.7 Å². The number of carbonyl (C=O) groups excluding carboxylic acids is 3. The van der Waals surface area contributed by atoms with Crippen LogP contribution in [0.15, 0.2) is 61.1 Å². The predicted octanol–water partition coefficient (Wildman–Crippen LogP) is 0.0851. The Morgan fingerprint density at radius 1 is 1.03 bits per heavy atom. The van der Waals surface area contributed by atoms with Gasteiger partial charge < -0.3 is 21.7 Å². The number of rotatable bonds is 7. The second kappa shape index (κ2) is 10.9. The molecule has 9 heteroatoms. The Balaban J connectivity index is 0.00000361. The number of amides is 2. The molecule has 2 amide bonds. The number of nitrogens with zero attached hydrogens (tertiary/aromatic N) is 4. The number of hydrogen-bond donors (Lipinski definition) is 0. The third-order valence-electron chi connectivity index (χ3n) is 5.83. The summed E-state index contributed by atoms with van der Waals surface area (Å²) in [4.78, 5) is 39.0. The highest BCUT2D eigenvalue weighted by Gasteiger charge is 2.35. The molecule has 0 saturated heterocycles.